The van der Waals surface area contributed by atoms with Crippen LogP contribution in [0.3, 0.4) is 0 Å². The quantitative estimate of drug-likeness (QED) is 0.319. The number of aliphatic hydroxyl groups excluding tert-OH is 1. The van der Waals surface area contributed by atoms with Crippen molar-refractivity contribution in [2.45, 2.75) is 26.3 Å². The molecule has 0 aromatic carbocycles. The van der Waals surface area contributed by atoms with Crippen LogP contribution in [0.15, 0.2) is 37.1 Å². The first kappa shape index (κ1) is 21.0. The van der Waals surface area contributed by atoms with Gasteiger partial charge in [0.05, 0.1) is 17.9 Å². The molecule has 156 valence electrons. The Hall–Kier alpha value is -3.68. The number of pyridine rings is 2. The second kappa shape index (κ2) is 9.21. The van der Waals surface area contributed by atoms with Crippen molar-refractivity contribution in [1.82, 2.24) is 24.5 Å². The fourth-order valence-corrected chi connectivity index (χ4v) is 2.94. The molecule has 0 radical (unpaired) electrons. The van der Waals surface area contributed by atoms with E-state index in [0.29, 0.717) is 46.0 Å². The number of nitrogens with two attached hydrogens (primary N) is 2. The van der Waals surface area contributed by atoms with E-state index < -0.39 is 0 Å². The molecule has 0 saturated carbocycles. The zero-order valence-electron chi connectivity index (χ0n) is 16.9. The first-order valence-corrected chi connectivity index (χ1v) is 9.56. The Morgan fingerprint density at radius 3 is 2.87 bits per heavy atom. The van der Waals surface area contributed by atoms with E-state index in [9.17, 15) is 5.11 Å². The molecule has 1 atom stereocenters. The van der Waals surface area contributed by atoms with E-state index in [0.717, 1.165) is 6.42 Å². The molecule has 0 fully saturated rings. The van der Waals surface area contributed by atoms with Crippen LogP contribution < -0.4 is 16.9 Å². The number of hydrazine groups is 1. The molecule has 0 aliphatic carbocycles. The molecule has 0 spiro atoms. The smallest absolute Gasteiger partial charge is 0.165 e. The highest BCUT2D eigenvalue weighted by Gasteiger charge is 2.14. The van der Waals surface area contributed by atoms with Crippen LogP contribution >= 0.6 is 0 Å². The van der Waals surface area contributed by atoms with Gasteiger partial charge in [-0.15, -0.1) is 0 Å². The third kappa shape index (κ3) is 4.48. The minimum absolute atomic E-state index is 0.0495. The number of rotatable bonds is 8. The Kier molecular flexibility index (Phi) is 6.46. The van der Waals surface area contributed by atoms with Gasteiger partial charge in [0.2, 0.25) is 0 Å². The molecular weight excluding hydrogens is 382 g/mol. The first-order valence-electron chi connectivity index (χ1n) is 9.56. The normalized spacial score (nSPS) is 12.6. The monoisotopic (exact) mass is 407 g/mol. The molecule has 0 bridgehead atoms. The summed E-state index contributed by atoms with van der Waals surface area (Å²) in [6.45, 7) is 4.50. The molecule has 3 aromatic heterocycles. The lowest BCUT2D eigenvalue weighted by Gasteiger charge is -2.19. The number of nitriles is 1. The first-order chi connectivity index (χ1) is 14.5. The summed E-state index contributed by atoms with van der Waals surface area (Å²) in [6, 6.07) is 5.33. The van der Waals surface area contributed by atoms with E-state index in [1.165, 1.54) is 11.2 Å². The Morgan fingerprint density at radius 2 is 2.17 bits per heavy atom. The zero-order chi connectivity index (χ0) is 21.7. The van der Waals surface area contributed by atoms with Crippen LogP contribution in [0.2, 0.25) is 0 Å². The molecule has 0 aliphatic heterocycles. The molecule has 1 unspecified atom stereocenters. The Morgan fingerprint density at radius 1 is 1.37 bits per heavy atom. The minimum Gasteiger partial charge on any atom is -0.397 e. The van der Waals surface area contributed by atoms with Crippen molar-refractivity contribution < 1.29 is 5.11 Å². The average molecular weight is 407 g/mol. The summed E-state index contributed by atoms with van der Waals surface area (Å²) < 4.78 is 1.72. The van der Waals surface area contributed by atoms with Crippen molar-refractivity contribution in [2.24, 2.45) is 11.6 Å². The summed E-state index contributed by atoms with van der Waals surface area (Å²) in [5.74, 6) is 6.51. The Balaban J connectivity index is 2.06. The zero-order valence-corrected chi connectivity index (χ0v) is 16.9. The largest absolute Gasteiger partial charge is 0.397 e. The predicted molar refractivity (Wildman–Crippen MR) is 115 cm³/mol. The van der Waals surface area contributed by atoms with E-state index in [4.69, 9.17) is 16.8 Å². The Bertz CT molecular complexity index is 1100. The number of hydrogen-bond acceptors (Lipinski definition) is 9. The summed E-state index contributed by atoms with van der Waals surface area (Å²) in [5.41, 5.74) is 9.68. The van der Waals surface area contributed by atoms with E-state index in [2.05, 4.69) is 26.3 Å². The van der Waals surface area contributed by atoms with E-state index in [1.807, 2.05) is 19.9 Å². The molecule has 3 rings (SSSR count). The maximum Gasteiger partial charge on any atom is 0.165 e. The second-order valence-electron chi connectivity index (χ2n) is 6.93. The summed E-state index contributed by atoms with van der Waals surface area (Å²) in [6.07, 6.45) is 7.28. The highest BCUT2D eigenvalue weighted by molar-refractivity contribution is 5.77. The molecule has 3 aromatic rings. The summed E-state index contributed by atoms with van der Waals surface area (Å²) in [7, 11) is 0. The maximum atomic E-state index is 9.48. The van der Waals surface area contributed by atoms with E-state index >= 15 is 0 Å². The summed E-state index contributed by atoms with van der Waals surface area (Å²) in [5, 5.41) is 23.3. The van der Waals surface area contributed by atoms with Gasteiger partial charge >= 0.3 is 0 Å². The highest BCUT2D eigenvalue weighted by Crippen LogP contribution is 2.25. The number of nitrogens with one attached hydrogen (secondary N) is 1. The van der Waals surface area contributed by atoms with Gasteiger partial charge in [-0.05, 0) is 19.4 Å². The molecule has 30 heavy (non-hydrogen) atoms. The van der Waals surface area contributed by atoms with Crippen molar-refractivity contribution in [3.05, 3.63) is 48.2 Å². The van der Waals surface area contributed by atoms with Crippen molar-refractivity contribution in [2.75, 3.05) is 18.5 Å². The lowest BCUT2D eigenvalue weighted by atomic mass is 10.1. The number of aromatic nitrogens is 4. The number of imidazole rings is 1. The van der Waals surface area contributed by atoms with E-state index in [-0.39, 0.29) is 12.6 Å². The predicted octanol–water partition coefficient (Wildman–Crippen LogP) is 1.32. The van der Waals surface area contributed by atoms with Crippen LogP contribution in [0.25, 0.3) is 22.7 Å². The average Bonchev–Trinajstić information content (AvgIpc) is 3.16. The lowest BCUT2D eigenvalue weighted by molar-refractivity contribution is 0.281. The standard InChI is InChI=1S/C20H25N9O/c1-3-4-28(23)10-16(22)15-9-24-19(6-17(15)27-13(2)11-30)29-12-26-18-5-14(7-21)8-25-20(18)29/h5-6,8-10,12-13,30H,3-4,11,22-23H2,1-2H3,(H,24,27)/b16-10-. The van der Waals surface area contributed by atoms with Crippen LogP contribution in [0.4, 0.5) is 5.69 Å². The number of nitrogens with zero attached hydrogens (tertiary/aromatic N) is 6. The van der Waals surface area contributed by atoms with Crippen LogP contribution in [0.5, 0.6) is 0 Å². The topological polar surface area (TPSA) is 155 Å². The number of fused-ring (bicyclic) bond motifs is 1. The molecule has 0 saturated heterocycles. The molecule has 10 nitrogen and oxygen atoms in total. The van der Waals surface area contributed by atoms with Crippen LogP contribution in [-0.4, -0.2) is 48.8 Å². The van der Waals surface area contributed by atoms with Crippen molar-refractivity contribution in [3.8, 4) is 11.9 Å². The SMILES string of the molecule is CCCN(N)/C=C(\N)c1cnc(-n2cnc3cc(C#N)cnc32)cc1NC(C)CO. The van der Waals surface area contributed by atoms with Crippen molar-refractivity contribution in [3.63, 3.8) is 0 Å². The third-order valence-corrected chi connectivity index (χ3v) is 4.43. The van der Waals surface area contributed by atoms with Gasteiger partial charge in [-0.25, -0.2) is 20.8 Å². The number of aliphatic hydroxyl groups is 1. The minimum atomic E-state index is -0.202. The van der Waals surface area contributed by atoms with Crippen LogP contribution in [0, 0.1) is 11.3 Å². The molecule has 6 N–H and O–H groups in total. The second-order valence-corrected chi connectivity index (χ2v) is 6.93. The van der Waals surface area contributed by atoms with Gasteiger partial charge in [-0.2, -0.15) is 5.26 Å². The fraction of sp³-hybridized carbons (Fsp3) is 0.300. The highest BCUT2D eigenvalue weighted by atomic mass is 16.3. The molecule has 10 heteroatoms. The molecular formula is C20H25N9O. The number of anilines is 1. The Labute approximate surface area is 174 Å². The van der Waals surface area contributed by atoms with Gasteiger partial charge < -0.3 is 21.2 Å². The van der Waals surface area contributed by atoms with Gasteiger partial charge in [-0.1, -0.05) is 6.92 Å². The summed E-state index contributed by atoms with van der Waals surface area (Å²) in [4.78, 5) is 13.2. The van der Waals surface area contributed by atoms with Gasteiger partial charge in [0.1, 0.15) is 23.7 Å². The van der Waals surface area contributed by atoms with Crippen molar-refractivity contribution in [1.29, 1.82) is 5.26 Å². The maximum absolute atomic E-state index is 9.48. The van der Waals surface area contributed by atoms with Gasteiger partial charge in [0.25, 0.3) is 0 Å². The third-order valence-electron chi connectivity index (χ3n) is 4.43. The molecule has 0 amide bonds. The fourth-order valence-electron chi connectivity index (χ4n) is 2.94. The van der Waals surface area contributed by atoms with Gasteiger partial charge in [0, 0.05) is 48.5 Å². The molecule has 0 aliphatic rings. The summed E-state index contributed by atoms with van der Waals surface area (Å²) >= 11 is 0. The number of hydrogen-bond donors (Lipinski definition) is 4. The van der Waals surface area contributed by atoms with Crippen molar-refractivity contribution >= 4 is 22.5 Å². The van der Waals surface area contributed by atoms with Crippen LogP contribution in [0.1, 0.15) is 31.4 Å². The molecule has 3 heterocycles. The van der Waals surface area contributed by atoms with Gasteiger partial charge in [0.15, 0.2) is 5.65 Å². The van der Waals surface area contributed by atoms with Gasteiger partial charge in [-0.3, -0.25) is 4.57 Å². The lowest BCUT2D eigenvalue weighted by Crippen LogP contribution is -2.27. The van der Waals surface area contributed by atoms with E-state index in [1.54, 1.807) is 29.4 Å². The van der Waals surface area contributed by atoms with Crippen LogP contribution in [-0.2, 0) is 0 Å².